The summed E-state index contributed by atoms with van der Waals surface area (Å²) in [5, 5.41) is 9.56. The van der Waals surface area contributed by atoms with Gasteiger partial charge < -0.3 is 4.74 Å². The summed E-state index contributed by atoms with van der Waals surface area (Å²) in [6.07, 6.45) is 0. The maximum Gasteiger partial charge on any atom is 0.126 e. The third-order valence-corrected chi connectivity index (χ3v) is 3.01. The number of hydrogen-bond acceptors (Lipinski definition) is 3. The molecule has 0 bridgehead atoms. The van der Waals surface area contributed by atoms with E-state index in [2.05, 4.69) is 6.07 Å². The van der Waals surface area contributed by atoms with E-state index in [4.69, 9.17) is 21.6 Å². The molecule has 1 aromatic carbocycles. The molecular formula is C13H17ClN2O. The van der Waals surface area contributed by atoms with Crippen LogP contribution in [-0.4, -0.2) is 25.1 Å². The van der Waals surface area contributed by atoms with Gasteiger partial charge in [-0.3, -0.25) is 4.90 Å². The van der Waals surface area contributed by atoms with Crippen molar-refractivity contribution in [2.45, 2.75) is 26.4 Å². The van der Waals surface area contributed by atoms with Gasteiger partial charge >= 0.3 is 0 Å². The SMILES string of the molecule is COc1c(C)cc(Cl)cc1CN(C)C(C)C#N. The van der Waals surface area contributed by atoms with Gasteiger partial charge in [-0.1, -0.05) is 11.6 Å². The monoisotopic (exact) mass is 252 g/mol. The van der Waals surface area contributed by atoms with Crippen LogP contribution in [-0.2, 0) is 6.54 Å². The molecule has 4 heteroatoms. The number of nitriles is 1. The standard InChI is InChI=1S/C13H17ClN2O/c1-9-5-12(14)6-11(13(9)17-4)8-16(3)10(2)7-15/h5-6,10H,8H2,1-4H3. The van der Waals surface area contributed by atoms with Gasteiger partial charge in [-0.05, 0) is 38.6 Å². The van der Waals surface area contributed by atoms with E-state index in [0.717, 1.165) is 16.9 Å². The maximum atomic E-state index is 8.87. The van der Waals surface area contributed by atoms with Crippen molar-refractivity contribution < 1.29 is 4.74 Å². The fourth-order valence-electron chi connectivity index (χ4n) is 1.71. The van der Waals surface area contributed by atoms with Crippen molar-refractivity contribution in [3.05, 3.63) is 28.3 Å². The first kappa shape index (κ1) is 13.8. The Labute approximate surface area is 108 Å². The molecule has 0 aliphatic carbocycles. The average Bonchev–Trinajstić information content (AvgIpc) is 2.27. The number of benzene rings is 1. The van der Waals surface area contributed by atoms with Gasteiger partial charge in [-0.2, -0.15) is 5.26 Å². The van der Waals surface area contributed by atoms with E-state index >= 15 is 0 Å². The van der Waals surface area contributed by atoms with Crippen LogP contribution < -0.4 is 4.74 Å². The summed E-state index contributed by atoms with van der Waals surface area (Å²) < 4.78 is 5.38. The first-order valence-electron chi connectivity index (χ1n) is 5.42. The van der Waals surface area contributed by atoms with E-state index in [9.17, 15) is 0 Å². The number of aryl methyl sites for hydroxylation is 1. The number of methoxy groups -OCH3 is 1. The molecule has 17 heavy (non-hydrogen) atoms. The lowest BCUT2D eigenvalue weighted by Crippen LogP contribution is -2.27. The van der Waals surface area contributed by atoms with Gasteiger partial charge in [0, 0.05) is 17.1 Å². The fraction of sp³-hybridized carbons (Fsp3) is 0.462. The molecule has 92 valence electrons. The summed E-state index contributed by atoms with van der Waals surface area (Å²) in [6, 6.07) is 5.82. The van der Waals surface area contributed by atoms with Crippen molar-refractivity contribution in [3.63, 3.8) is 0 Å². The molecule has 3 nitrogen and oxygen atoms in total. The van der Waals surface area contributed by atoms with Gasteiger partial charge in [0.15, 0.2) is 0 Å². The van der Waals surface area contributed by atoms with Gasteiger partial charge in [0.2, 0.25) is 0 Å². The van der Waals surface area contributed by atoms with Crippen molar-refractivity contribution in [1.82, 2.24) is 4.90 Å². The van der Waals surface area contributed by atoms with Crippen molar-refractivity contribution in [2.75, 3.05) is 14.2 Å². The molecule has 0 aromatic heterocycles. The predicted octanol–water partition coefficient (Wildman–Crippen LogP) is 3.00. The quantitative estimate of drug-likeness (QED) is 0.827. The largest absolute Gasteiger partial charge is 0.496 e. The third kappa shape index (κ3) is 3.36. The van der Waals surface area contributed by atoms with Crippen LogP contribution in [0.2, 0.25) is 5.02 Å². The molecule has 0 aliphatic rings. The number of nitrogens with zero attached hydrogens (tertiary/aromatic N) is 2. The summed E-state index contributed by atoms with van der Waals surface area (Å²) in [5.41, 5.74) is 2.01. The average molecular weight is 253 g/mol. The first-order chi connectivity index (χ1) is 7.99. The van der Waals surface area contributed by atoms with Crippen LogP contribution in [0.5, 0.6) is 5.75 Å². The van der Waals surface area contributed by atoms with E-state index in [-0.39, 0.29) is 6.04 Å². The molecule has 1 aromatic rings. The fourth-order valence-corrected chi connectivity index (χ4v) is 2.01. The van der Waals surface area contributed by atoms with Crippen LogP contribution in [0.1, 0.15) is 18.1 Å². The summed E-state index contributed by atoms with van der Waals surface area (Å²) in [5.74, 6) is 0.839. The molecule has 0 heterocycles. The Balaban J connectivity index is 3.02. The van der Waals surface area contributed by atoms with Crippen molar-refractivity contribution in [1.29, 1.82) is 5.26 Å². The molecule has 0 fully saturated rings. The van der Waals surface area contributed by atoms with Crippen LogP contribution in [0, 0.1) is 18.3 Å². The Morgan fingerprint density at radius 1 is 1.53 bits per heavy atom. The molecule has 0 N–H and O–H groups in total. The van der Waals surface area contributed by atoms with Crippen LogP contribution in [0.3, 0.4) is 0 Å². The van der Waals surface area contributed by atoms with E-state index in [0.29, 0.717) is 11.6 Å². The van der Waals surface area contributed by atoms with E-state index in [1.165, 1.54) is 0 Å². The first-order valence-corrected chi connectivity index (χ1v) is 5.80. The van der Waals surface area contributed by atoms with Crippen LogP contribution >= 0.6 is 11.6 Å². The lowest BCUT2D eigenvalue weighted by atomic mass is 10.1. The minimum atomic E-state index is -0.140. The maximum absolute atomic E-state index is 8.87. The molecule has 0 aliphatic heterocycles. The highest BCUT2D eigenvalue weighted by molar-refractivity contribution is 6.30. The number of halogens is 1. The Morgan fingerprint density at radius 3 is 2.71 bits per heavy atom. The molecular weight excluding hydrogens is 236 g/mol. The molecule has 0 saturated carbocycles. The molecule has 0 spiro atoms. The van der Waals surface area contributed by atoms with Gasteiger partial charge in [0.1, 0.15) is 5.75 Å². The summed E-state index contributed by atoms with van der Waals surface area (Å²) in [4.78, 5) is 1.95. The van der Waals surface area contributed by atoms with E-state index in [1.807, 2.05) is 37.9 Å². The summed E-state index contributed by atoms with van der Waals surface area (Å²) in [7, 11) is 3.55. The highest BCUT2D eigenvalue weighted by Crippen LogP contribution is 2.28. The minimum absolute atomic E-state index is 0.140. The molecule has 0 amide bonds. The second-order valence-electron chi connectivity index (χ2n) is 4.14. The zero-order chi connectivity index (χ0) is 13.0. The molecule has 0 saturated heterocycles. The lowest BCUT2D eigenvalue weighted by Gasteiger charge is -2.21. The Hall–Kier alpha value is -1.24. The minimum Gasteiger partial charge on any atom is -0.496 e. The number of ether oxygens (including phenoxy) is 1. The lowest BCUT2D eigenvalue weighted by molar-refractivity contribution is 0.288. The predicted molar refractivity (Wildman–Crippen MR) is 69.3 cm³/mol. The van der Waals surface area contributed by atoms with Crippen LogP contribution in [0.15, 0.2) is 12.1 Å². The van der Waals surface area contributed by atoms with E-state index < -0.39 is 0 Å². The normalized spacial score (nSPS) is 12.3. The number of rotatable bonds is 4. The third-order valence-electron chi connectivity index (χ3n) is 2.79. The Bertz CT molecular complexity index is 440. The van der Waals surface area contributed by atoms with Crippen LogP contribution in [0.25, 0.3) is 0 Å². The van der Waals surface area contributed by atoms with Gasteiger partial charge in [-0.25, -0.2) is 0 Å². The van der Waals surface area contributed by atoms with Crippen molar-refractivity contribution >= 4 is 11.6 Å². The second-order valence-corrected chi connectivity index (χ2v) is 4.57. The molecule has 1 unspecified atom stereocenters. The zero-order valence-corrected chi connectivity index (χ0v) is 11.4. The molecule has 1 rings (SSSR count). The summed E-state index contributed by atoms with van der Waals surface area (Å²) >= 11 is 6.04. The van der Waals surface area contributed by atoms with Crippen molar-refractivity contribution in [3.8, 4) is 11.8 Å². The highest BCUT2D eigenvalue weighted by atomic mass is 35.5. The van der Waals surface area contributed by atoms with Crippen LogP contribution in [0.4, 0.5) is 0 Å². The Kier molecular flexibility index (Phi) is 4.80. The van der Waals surface area contributed by atoms with E-state index in [1.54, 1.807) is 7.11 Å². The van der Waals surface area contributed by atoms with Gasteiger partial charge in [0.05, 0.1) is 19.2 Å². The van der Waals surface area contributed by atoms with Gasteiger partial charge in [-0.15, -0.1) is 0 Å². The second kappa shape index (κ2) is 5.90. The van der Waals surface area contributed by atoms with Crippen molar-refractivity contribution in [2.24, 2.45) is 0 Å². The van der Waals surface area contributed by atoms with Gasteiger partial charge in [0.25, 0.3) is 0 Å². The smallest absolute Gasteiger partial charge is 0.126 e. The number of hydrogen-bond donors (Lipinski definition) is 0. The highest BCUT2D eigenvalue weighted by Gasteiger charge is 2.13. The topological polar surface area (TPSA) is 36.3 Å². The zero-order valence-electron chi connectivity index (χ0n) is 10.6. The summed E-state index contributed by atoms with van der Waals surface area (Å²) in [6.45, 7) is 4.46. The molecule has 0 radical (unpaired) electrons. The molecule has 1 atom stereocenters. The Morgan fingerprint density at radius 2 is 2.18 bits per heavy atom.